The molecule has 1 aliphatic heterocycles. The van der Waals surface area contributed by atoms with Crippen LogP contribution in [-0.4, -0.2) is 50.6 Å². The summed E-state index contributed by atoms with van der Waals surface area (Å²) in [5, 5.41) is 0. The molecule has 0 aliphatic carbocycles. The molecule has 1 heterocycles. The van der Waals surface area contributed by atoms with Gasteiger partial charge in [-0.3, -0.25) is 4.90 Å². The van der Waals surface area contributed by atoms with E-state index in [1.165, 1.54) is 16.7 Å². The summed E-state index contributed by atoms with van der Waals surface area (Å²) in [4.78, 5) is 4.89. The maximum absolute atomic E-state index is 5.42. The molecule has 0 saturated carbocycles. The van der Waals surface area contributed by atoms with Crippen molar-refractivity contribution in [1.29, 1.82) is 0 Å². The molecule has 0 amide bonds. The van der Waals surface area contributed by atoms with Crippen LogP contribution in [0.25, 0.3) is 0 Å². The summed E-state index contributed by atoms with van der Waals surface area (Å²) in [5.74, 6) is 0.983. The lowest BCUT2D eigenvalue weighted by Crippen LogP contribution is -2.56. The van der Waals surface area contributed by atoms with Crippen LogP contribution >= 0.6 is 0 Å². The standard InChI is InChI=1S/C16H26N2O/c1-12-10-15(19-6)13(2)9-14(12)16(3)11-17(4)7-8-18(16)5/h9-10H,7-8,11H2,1-6H3. The van der Waals surface area contributed by atoms with Gasteiger partial charge in [0, 0.05) is 19.6 Å². The highest BCUT2D eigenvalue weighted by Gasteiger charge is 2.37. The first-order valence-electron chi connectivity index (χ1n) is 6.94. The number of benzene rings is 1. The minimum Gasteiger partial charge on any atom is -0.496 e. The summed E-state index contributed by atoms with van der Waals surface area (Å²) < 4.78 is 5.42. The molecule has 0 radical (unpaired) electrons. The molecular weight excluding hydrogens is 236 g/mol. The fraction of sp³-hybridized carbons (Fsp3) is 0.625. The average Bonchev–Trinajstić information content (AvgIpc) is 2.36. The lowest BCUT2D eigenvalue weighted by atomic mass is 9.84. The molecule has 1 aromatic rings. The summed E-state index contributed by atoms with van der Waals surface area (Å²) >= 11 is 0. The summed E-state index contributed by atoms with van der Waals surface area (Å²) in [6.45, 7) is 9.97. The van der Waals surface area contributed by atoms with Crippen LogP contribution in [0.5, 0.6) is 5.75 Å². The van der Waals surface area contributed by atoms with Gasteiger partial charge in [-0.05, 0) is 57.6 Å². The molecule has 106 valence electrons. The third-order valence-corrected chi connectivity index (χ3v) is 4.56. The van der Waals surface area contributed by atoms with E-state index in [9.17, 15) is 0 Å². The number of rotatable bonds is 2. The van der Waals surface area contributed by atoms with Crippen molar-refractivity contribution >= 4 is 0 Å². The Bertz CT molecular complexity index is 472. The van der Waals surface area contributed by atoms with Gasteiger partial charge in [0.1, 0.15) is 5.75 Å². The Balaban J connectivity index is 2.47. The van der Waals surface area contributed by atoms with Gasteiger partial charge < -0.3 is 9.64 Å². The quantitative estimate of drug-likeness (QED) is 0.814. The van der Waals surface area contributed by atoms with E-state index in [2.05, 4.69) is 56.8 Å². The third-order valence-electron chi connectivity index (χ3n) is 4.56. The molecule has 1 aromatic carbocycles. The van der Waals surface area contributed by atoms with Gasteiger partial charge >= 0.3 is 0 Å². The Labute approximate surface area is 117 Å². The van der Waals surface area contributed by atoms with Crippen LogP contribution in [0.3, 0.4) is 0 Å². The number of piperazine rings is 1. The van der Waals surface area contributed by atoms with E-state index in [0.29, 0.717) is 0 Å². The lowest BCUT2D eigenvalue weighted by Gasteiger charge is -2.47. The molecule has 0 N–H and O–H groups in total. The second kappa shape index (κ2) is 5.14. The molecule has 19 heavy (non-hydrogen) atoms. The van der Waals surface area contributed by atoms with Gasteiger partial charge in [0.25, 0.3) is 0 Å². The fourth-order valence-corrected chi connectivity index (χ4v) is 3.17. The van der Waals surface area contributed by atoms with E-state index in [0.717, 1.165) is 25.4 Å². The van der Waals surface area contributed by atoms with Crippen LogP contribution in [0.15, 0.2) is 12.1 Å². The van der Waals surface area contributed by atoms with Crippen molar-refractivity contribution < 1.29 is 4.74 Å². The Morgan fingerprint density at radius 2 is 1.79 bits per heavy atom. The molecular formula is C16H26N2O. The Morgan fingerprint density at radius 3 is 2.42 bits per heavy atom. The van der Waals surface area contributed by atoms with E-state index in [1.807, 2.05) is 0 Å². The topological polar surface area (TPSA) is 15.7 Å². The van der Waals surface area contributed by atoms with Crippen molar-refractivity contribution in [2.24, 2.45) is 0 Å². The van der Waals surface area contributed by atoms with Crippen LogP contribution in [0, 0.1) is 13.8 Å². The van der Waals surface area contributed by atoms with E-state index < -0.39 is 0 Å². The van der Waals surface area contributed by atoms with Crippen LogP contribution in [0.1, 0.15) is 23.6 Å². The lowest BCUT2D eigenvalue weighted by molar-refractivity contribution is 0.0374. The Morgan fingerprint density at radius 1 is 1.11 bits per heavy atom. The van der Waals surface area contributed by atoms with E-state index in [-0.39, 0.29) is 5.54 Å². The van der Waals surface area contributed by atoms with Crippen LogP contribution in [0.4, 0.5) is 0 Å². The van der Waals surface area contributed by atoms with Gasteiger partial charge in [-0.25, -0.2) is 0 Å². The monoisotopic (exact) mass is 262 g/mol. The SMILES string of the molecule is COc1cc(C)c(C2(C)CN(C)CCN2C)cc1C. The first-order valence-corrected chi connectivity index (χ1v) is 6.94. The molecule has 0 aromatic heterocycles. The highest BCUT2D eigenvalue weighted by molar-refractivity contribution is 5.44. The Hall–Kier alpha value is -1.06. The zero-order valence-electron chi connectivity index (χ0n) is 13.1. The number of ether oxygens (including phenoxy) is 1. The highest BCUT2D eigenvalue weighted by Crippen LogP contribution is 2.35. The van der Waals surface area contributed by atoms with E-state index >= 15 is 0 Å². The van der Waals surface area contributed by atoms with Crippen molar-refractivity contribution in [2.75, 3.05) is 40.8 Å². The van der Waals surface area contributed by atoms with Gasteiger partial charge in [-0.2, -0.15) is 0 Å². The van der Waals surface area contributed by atoms with Gasteiger partial charge in [0.05, 0.1) is 12.6 Å². The molecule has 0 bridgehead atoms. The van der Waals surface area contributed by atoms with Crippen molar-refractivity contribution in [2.45, 2.75) is 26.3 Å². The number of hydrogen-bond acceptors (Lipinski definition) is 3. The number of aryl methyl sites for hydroxylation is 2. The largest absolute Gasteiger partial charge is 0.496 e. The first-order chi connectivity index (χ1) is 8.88. The molecule has 1 atom stereocenters. The van der Waals surface area contributed by atoms with Crippen LogP contribution in [0.2, 0.25) is 0 Å². The van der Waals surface area contributed by atoms with Gasteiger partial charge in [0.2, 0.25) is 0 Å². The zero-order valence-corrected chi connectivity index (χ0v) is 13.1. The minimum atomic E-state index is 0.0775. The molecule has 1 unspecified atom stereocenters. The van der Waals surface area contributed by atoms with Crippen molar-refractivity contribution in [3.63, 3.8) is 0 Å². The second-order valence-electron chi connectivity index (χ2n) is 6.07. The minimum absolute atomic E-state index is 0.0775. The van der Waals surface area contributed by atoms with Crippen LogP contribution in [-0.2, 0) is 5.54 Å². The van der Waals surface area contributed by atoms with Gasteiger partial charge in [0.15, 0.2) is 0 Å². The molecule has 1 aliphatic rings. The zero-order chi connectivity index (χ0) is 14.2. The smallest absolute Gasteiger partial charge is 0.122 e. The van der Waals surface area contributed by atoms with E-state index in [4.69, 9.17) is 4.74 Å². The summed E-state index contributed by atoms with van der Waals surface area (Å²) in [6.07, 6.45) is 0. The predicted octanol–water partition coefficient (Wildman–Crippen LogP) is 2.40. The molecule has 2 rings (SSSR count). The average molecular weight is 262 g/mol. The number of likely N-dealkylation sites (N-methyl/N-ethyl adjacent to an activating group) is 2. The second-order valence-corrected chi connectivity index (χ2v) is 6.07. The Kier molecular flexibility index (Phi) is 3.88. The molecule has 3 nitrogen and oxygen atoms in total. The number of hydrogen-bond donors (Lipinski definition) is 0. The molecule has 0 spiro atoms. The summed E-state index contributed by atoms with van der Waals surface area (Å²) in [7, 11) is 6.17. The summed E-state index contributed by atoms with van der Waals surface area (Å²) in [5.41, 5.74) is 4.02. The van der Waals surface area contributed by atoms with Crippen molar-refractivity contribution in [1.82, 2.24) is 9.80 Å². The molecule has 1 saturated heterocycles. The van der Waals surface area contributed by atoms with E-state index in [1.54, 1.807) is 7.11 Å². The number of nitrogens with zero attached hydrogens (tertiary/aromatic N) is 2. The van der Waals surface area contributed by atoms with Crippen molar-refractivity contribution in [3.8, 4) is 5.75 Å². The first kappa shape index (κ1) is 14.4. The fourth-order valence-electron chi connectivity index (χ4n) is 3.17. The summed E-state index contributed by atoms with van der Waals surface area (Å²) in [6, 6.07) is 4.46. The predicted molar refractivity (Wildman–Crippen MR) is 79.9 cm³/mol. The maximum atomic E-state index is 5.42. The molecule has 3 heteroatoms. The van der Waals surface area contributed by atoms with Crippen LogP contribution < -0.4 is 4.74 Å². The van der Waals surface area contributed by atoms with Crippen molar-refractivity contribution in [3.05, 3.63) is 28.8 Å². The third kappa shape index (κ3) is 2.49. The highest BCUT2D eigenvalue weighted by atomic mass is 16.5. The van der Waals surface area contributed by atoms with Gasteiger partial charge in [-0.15, -0.1) is 0 Å². The maximum Gasteiger partial charge on any atom is 0.122 e. The number of methoxy groups -OCH3 is 1. The molecule has 1 fully saturated rings. The van der Waals surface area contributed by atoms with Gasteiger partial charge in [-0.1, -0.05) is 6.07 Å². The normalized spacial score (nSPS) is 25.6.